The first-order chi connectivity index (χ1) is 18.4. The number of piperidine rings is 1. The molecule has 1 atom stereocenters. The average Bonchev–Trinajstić information content (AvgIpc) is 3.37. The monoisotopic (exact) mass is 568 g/mol. The Morgan fingerprint density at radius 3 is 2.55 bits per heavy atom. The van der Waals surface area contributed by atoms with E-state index in [0.717, 1.165) is 19.4 Å². The number of nitrogens with one attached hydrogen (secondary N) is 1. The van der Waals surface area contributed by atoms with Crippen molar-refractivity contribution in [2.45, 2.75) is 19.4 Å². The van der Waals surface area contributed by atoms with E-state index in [9.17, 15) is 9.59 Å². The van der Waals surface area contributed by atoms with Crippen LogP contribution in [-0.4, -0.2) is 39.8 Å². The minimum atomic E-state index is -0.271. The molecule has 1 aromatic heterocycles. The first-order valence-corrected chi connectivity index (χ1v) is 13.2. The lowest BCUT2D eigenvalue weighted by Crippen LogP contribution is -2.40. The van der Waals surface area contributed by atoms with Gasteiger partial charge in [0.05, 0.1) is 23.2 Å². The molecule has 5 rings (SSSR count). The molecule has 0 spiro atoms. The van der Waals surface area contributed by atoms with E-state index in [1.807, 2.05) is 6.07 Å². The number of hydrogen-bond donors (Lipinski definition) is 1. The third-order valence-corrected chi connectivity index (χ3v) is 7.18. The highest BCUT2D eigenvalue weighted by atomic mass is 35.5. The van der Waals surface area contributed by atoms with Crippen LogP contribution in [0.25, 0.3) is 11.4 Å². The van der Waals surface area contributed by atoms with Gasteiger partial charge in [0.15, 0.2) is 5.78 Å². The predicted molar refractivity (Wildman–Crippen MR) is 148 cm³/mol. The Labute approximate surface area is 234 Å². The maximum absolute atomic E-state index is 13.3. The predicted octanol–water partition coefficient (Wildman–Crippen LogP) is 6.78. The number of nitrogens with zero attached hydrogens (tertiary/aromatic N) is 3. The van der Waals surface area contributed by atoms with Crippen molar-refractivity contribution >= 4 is 52.2 Å². The number of carbonyl (C=O) groups excluding carboxylic acids is 2. The van der Waals surface area contributed by atoms with Gasteiger partial charge in [-0.15, -0.1) is 0 Å². The van der Waals surface area contributed by atoms with E-state index < -0.39 is 0 Å². The van der Waals surface area contributed by atoms with Crippen LogP contribution in [0.1, 0.15) is 34.7 Å². The molecule has 3 aromatic carbocycles. The molecule has 0 radical (unpaired) electrons. The van der Waals surface area contributed by atoms with E-state index in [1.54, 1.807) is 60.7 Å². The van der Waals surface area contributed by atoms with Gasteiger partial charge in [-0.05, 0) is 55.8 Å². The molecule has 1 amide bonds. The van der Waals surface area contributed by atoms with Crippen LogP contribution in [0.3, 0.4) is 0 Å². The van der Waals surface area contributed by atoms with Gasteiger partial charge >= 0.3 is 0 Å². The molecule has 1 aliphatic heterocycles. The van der Waals surface area contributed by atoms with Crippen LogP contribution in [0.2, 0.25) is 15.1 Å². The summed E-state index contributed by atoms with van der Waals surface area (Å²) in [6, 6.07) is 18.9. The Kier molecular flexibility index (Phi) is 8.09. The molecule has 0 aliphatic carbocycles. The highest BCUT2D eigenvalue weighted by Crippen LogP contribution is 2.29. The van der Waals surface area contributed by atoms with Crippen LogP contribution >= 0.6 is 34.8 Å². The molecule has 38 heavy (non-hydrogen) atoms. The lowest BCUT2D eigenvalue weighted by atomic mass is 9.96. The van der Waals surface area contributed by atoms with Crippen molar-refractivity contribution in [2.24, 2.45) is 5.92 Å². The molecule has 0 bridgehead atoms. The van der Waals surface area contributed by atoms with Crippen LogP contribution in [0, 0.1) is 5.92 Å². The van der Waals surface area contributed by atoms with E-state index in [-0.39, 0.29) is 17.6 Å². The first kappa shape index (κ1) is 26.4. The number of likely N-dealkylation sites (tertiary alicyclic amines) is 1. The van der Waals surface area contributed by atoms with Gasteiger partial charge < -0.3 is 9.84 Å². The largest absolute Gasteiger partial charge is 0.338 e. The maximum atomic E-state index is 13.3. The molecule has 1 N–H and O–H groups in total. The normalized spacial score (nSPS) is 15.8. The number of benzene rings is 3. The zero-order valence-corrected chi connectivity index (χ0v) is 22.4. The summed E-state index contributed by atoms with van der Waals surface area (Å²) in [5, 5.41) is 8.39. The Morgan fingerprint density at radius 2 is 1.76 bits per heavy atom. The fourth-order valence-corrected chi connectivity index (χ4v) is 5.16. The summed E-state index contributed by atoms with van der Waals surface area (Å²) in [5.41, 5.74) is 1.94. The lowest BCUT2D eigenvalue weighted by molar-refractivity contribution is -0.121. The van der Waals surface area contributed by atoms with Gasteiger partial charge in [0.2, 0.25) is 17.6 Å². The van der Waals surface area contributed by atoms with E-state index in [0.29, 0.717) is 62.3 Å². The van der Waals surface area contributed by atoms with Crippen molar-refractivity contribution in [2.75, 3.05) is 18.4 Å². The SMILES string of the molecule is O=C(c1ccccc1)c1cc(Cl)ccc1NC(=O)C1CCCN(Cc2nc(-c3ccc(Cl)cc3Cl)no2)C1. The summed E-state index contributed by atoms with van der Waals surface area (Å²) in [4.78, 5) is 33.0. The molecule has 1 fully saturated rings. The van der Waals surface area contributed by atoms with Crippen molar-refractivity contribution < 1.29 is 14.1 Å². The van der Waals surface area contributed by atoms with E-state index in [2.05, 4.69) is 20.4 Å². The van der Waals surface area contributed by atoms with Gasteiger partial charge in [-0.3, -0.25) is 14.5 Å². The van der Waals surface area contributed by atoms with Gasteiger partial charge in [0, 0.05) is 33.3 Å². The molecule has 7 nitrogen and oxygen atoms in total. The minimum Gasteiger partial charge on any atom is -0.338 e. The van der Waals surface area contributed by atoms with E-state index in [1.165, 1.54) is 0 Å². The van der Waals surface area contributed by atoms with Crippen molar-refractivity contribution in [1.29, 1.82) is 0 Å². The molecule has 10 heteroatoms. The molecule has 4 aromatic rings. The summed E-state index contributed by atoms with van der Waals surface area (Å²) >= 11 is 18.4. The second-order valence-corrected chi connectivity index (χ2v) is 10.4. The smallest absolute Gasteiger partial charge is 0.241 e. The van der Waals surface area contributed by atoms with Gasteiger partial charge in [-0.25, -0.2) is 0 Å². The van der Waals surface area contributed by atoms with Gasteiger partial charge in [-0.2, -0.15) is 4.98 Å². The van der Waals surface area contributed by atoms with Gasteiger partial charge in [0.25, 0.3) is 0 Å². The molecular formula is C28H23Cl3N4O3. The summed E-state index contributed by atoms with van der Waals surface area (Å²) in [6.45, 7) is 1.71. The van der Waals surface area contributed by atoms with Crippen LogP contribution in [0.5, 0.6) is 0 Å². The Balaban J connectivity index is 1.26. The number of halogens is 3. The standard InChI is InChI=1S/C28H23Cl3N4O3/c29-19-9-11-24(22(13-19)26(36)17-5-2-1-3-6-17)32-28(37)18-7-4-12-35(15-18)16-25-33-27(34-38-25)21-10-8-20(30)14-23(21)31/h1-3,5-6,8-11,13-14,18H,4,7,12,15-16H2,(H,32,37). The van der Waals surface area contributed by atoms with Crippen molar-refractivity contribution in [1.82, 2.24) is 15.0 Å². The zero-order chi connectivity index (χ0) is 26.6. The number of rotatable bonds is 7. The highest BCUT2D eigenvalue weighted by Gasteiger charge is 2.28. The van der Waals surface area contributed by atoms with Crippen molar-refractivity contribution in [3.8, 4) is 11.4 Å². The first-order valence-electron chi connectivity index (χ1n) is 12.1. The molecule has 0 saturated carbocycles. The topological polar surface area (TPSA) is 88.3 Å². The zero-order valence-electron chi connectivity index (χ0n) is 20.2. The second kappa shape index (κ2) is 11.7. The Morgan fingerprint density at radius 1 is 1.00 bits per heavy atom. The third kappa shape index (κ3) is 6.08. The van der Waals surface area contributed by atoms with E-state index >= 15 is 0 Å². The summed E-state index contributed by atoms with van der Waals surface area (Å²) in [5.74, 6) is 0.180. The molecular weight excluding hydrogens is 547 g/mol. The van der Waals surface area contributed by atoms with Crippen molar-refractivity contribution in [3.05, 3.63) is 98.8 Å². The van der Waals surface area contributed by atoms with Crippen LogP contribution < -0.4 is 5.32 Å². The Bertz CT molecular complexity index is 1480. The van der Waals surface area contributed by atoms with Crippen LogP contribution in [0.15, 0.2) is 71.3 Å². The number of aromatic nitrogens is 2. The summed E-state index contributed by atoms with van der Waals surface area (Å²) < 4.78 is 5.45. The Hall–Kier alpha value is -3.23. The molecule has 194 valence electrons. The third-order valence-electron chi connectivity index (χ3n) is 6.40. The number of anilines is 1. The quantitative estimate of drug-likeness (QED) is 0.247. The highest BCUT2D eigenvalue weighted by molar-refractivity contribution is 6.36. The molecule has 1 saturated heterocycles. The van der Waals surface area contributed by atoms with E-state index in [4.69, 9.17) is 39.3 Å². The number of carbonyl (C=O) groups is 2. The van der Waals surface area contributed by atoms with Gasteiger partial charge in [-0.1, -0.05) is 70.3 Å². The number of hydrogen-bond acceptors (Lipinski definition) is 6. The maximum Gasteiger partial charge on any atom is 0.241 e. The fraction of sp³-hybridized carbons (Fsp3) is 0.214. The average molecular weight is 570 g/mol. The fourth-order valence-electron chi connectivity index (χ4n) is 4.50. The molecule has 2 heterocycles. The summed E-state index contributed by atoms with van der Waals surface area (Å²) in [6.07, 6.45) is 1.56. The molecule has 1 aliphatic rings. The number of ketones is 1. The summed E-state index contributed by atoms with van der Waals surface area (Å²) in [7, 11) is 0. The lowest BCUT2D eigenvalue weighted by Gasteiger charge is -2.31. The number of amides is 1. The van der Waals surface area contributed by atoms with Gasteiger partial charge in [0.1, 0.15) is 0 Å². The minimum absolute atomic E-state index is 0.154. The molecule has 1 unspecified atom stereocenters. The van der Waals surface area contributed by atoms with Crippen molar-refractivity contribution in [3.63, 3.8) is 0 Å². The van der Waals surface area contributed by atoms with Crippen LogP contribution in [0.4, 0.5) is 5.69 Å². The van der Waals surface area contributed by atoms with Crippen LogP contribution in [-0.2, 0) is 11.3 Å². The second-order valence-electron chi connectivity index (χ2n) is 9.08.